The Bertz CT molecular complexity index is 822. The molecule has 1 saturated carbocycles. The molecule has 8 nitrogen and oxygen atoms in total. The maximum Gasteiger partial charge on any atom is 0.490 e. The third-order valence-corrected chi connectivity index (χ3v) is 6.34. The second-order valence-electron chi connectivity index (χ2n) is 9.08. The highest BCUT2D eigenvalue weighted by molar-refractivity contribution is 5.73. The van der Waals surface area contributed by atoms with Gasteiger partial charge >= 0.3 is 24.3 Å². The maximum absolute atomic E-state index is 10.6. The zero-order chi connectivity index (χ0) is 26.4. The van der Waals surface area contributed by atoms with Crippen molar-refractivity contribution in [1.29, 1.82) is 0 Å². The summed E-state index contributed by atoms with van der Waals surface area (Å²) in [5.41, 5.74) is 1.78. The first-order chi connectivity index (χ1) is 16.1. The lowest BCUT2D eigenvalue weighted by atomic mass is 9.84. The number of nitrogens with zero attached hydrogens (tertiary/aromatic N) is 4. The number of aryl methyl sites for hydroxylation is 1. The van der Waals surface area contributed by atoms with Gasteiger partial charge < -0.3 is 10.2 Å². The molecule has 14 heteroatoms. The molecule has 3 fully saturated rings. The minimum atomic E-state index is -5.08. The van der Waals surface area contributed by atoms with E-state index in [4.69, 9.17) is 19.8 Å². The quantitative estimate of drug-likeness (QED) is 0.591. The van der Waals surface area contributed by atoms with Crippen LogP contribution in [0.2, 0.25) is 0 Å². The highest BCUT2D eigenvalue weighted by Gasteiger charge is 2.44. The van der Waals surface area contributed by atoms with Gasteiger partial charge in [0, 0.05) is 45.0 Å². The number of carboxylic acid groups (broad SMARTS) is 2. The molecular weight excluding hydrogens is 486 g/mol. The van der Waals surface area contributed by atoms with Crippen LogP contribution in [0.25, 0.3) is 0 Å². The van der Waals surface area contributed by atoms with Crippen LogP contribution < -0.4 is 0 Å². The van der Waals surface area contributed by atoms with Gasteiger partial charge in [-0.25, -0.2) is 9.59 Å². The van der Waals surface area contributed by atoms with Crippen molar-refractivity contribution in [2.75, 3.05) is 26.2 Å². The van der Waals surface area contributed by atoms with Crippen LogP contribution in [0.4, 0.5) is 26.3 Å². The summed E-state index contributed by atoms with van der Waals surface area (Å²) in [5, 5.41) is 18.8. The monoisotopic (exact) mass is 516 g/mol. The molecular formula is C21H30F6N4O4. The molecule has 1 aliphatic carbocycles. The van der Waals surface area contributed by atoms with Gasteiger partial charge in [0.2, 0.25) is 0 Å². The number of carboxylic acids is 2. The molecule has 2 aliphatic heterocycles. The van der Waals surface area contributed by atoms with Crippen molar-refractivity contribution >= 4 is 11.9 Å². The second-order valence-corrected chi connectivity index (χ2v) is 9.08. The average Bonchev–Trinajstić information content (AvgIpc) is 3.35. The summed E-state index contributed by atoms with van der Waals surface area (Å²) in [7, 11) is 2.00. The Balaban J connectivity index is 0.000000257. The third kappa shape index (κ3) is 9.32. The van der Waals surface area contributed by atoms with Crippen molar-refractivity contribution in [3.8, 4) is 0 Å². The molecule has 0 radical (unpaired) electrons. The number of piperidine rings is 1. The van der Waals surface area contributed by atoms with Gasteiger partial charge in [0.15, 0.2) is 0 Å². The summed E-state index contributed by atoms with van der Waals surface area (Å²) in [6, 6.07) is 2.15. The topological polar surface area (TPSA) is 98.9 Å². The predicted molar refractivity (Wildman–Crippen MR) is 111 cm³/mol. The molecule has 0 amide bonds. The van der Waals surface area contributed by atoms with Gasteiger partial charge in [-0.3, -0.25) is 14.5 Å². The number of aromatic nitrogens is 2. The van der Waals surface area contributed by atoms with Crippen LogP contribution in [-0.2, 0) is 23.2 Å². The first-order valence-corrected chi connectivity index (χ1v) is 11.2. The van der Waals surface area contributed by atoms with E-state index in [0.29, 0.717) is 5.54 Å². The van der Waals surface area contributed by atoms with Crippen LogP contribution in [-0.4, -0.2) is 85.8 Å². The van der Waals surface area contributed by atoms with E-state index in [1.165, 1.54) is 70.4 Å². The molecule has 2 saturated heterocycles. The Kier molecular flexibility index (Phi) is 9.56. The van der Waals surface area contributed by atoms with Crippen molar-refractivity contribution in [2.45, 2.75) is 63.0 Å². The van der Waals surface area contributed by atoms with Crippen LogP contribution in [0.15, 0.2) is 12.3 Å². The number of hydrogen-bond acceptors (Lipinski definition) is 5. The standard InChI is InChI=1S/C17H28N4.2C2HF3O2/c1-19-10-5-16(18-19)14-20-11-7-17(8-12-20)6-2-9-21(17)13-15-3-4-15;2*3-2(4,5)1(6)7/h5,10,15H,2-4,6-9,11-14H2,1H3;2*(H,6,7). The van der Waals surface area contributed by atoms with Crippen LogP contribution in [0, 0.1) is 5.92 Å². The highest BCUT2D eigenvalue weighted by atomic mass is 19.4. The minimum Gasteiger partial charge on any atom is -0.475 e. The van der Waals surface area contributed by atoms with Gasteiger partial charge in [0.25, 0.3) is 0 Å². The molecule has 0 bridgehead atoms. The Hall–Kier alpha value is -2.35. The number of aliphatic carboxylic acids is 2. The Labute approximate surface area is 198 Å². The van der Waals surface area contributed by atoms with Crippen LogP contribution in [0.3, 0.4) is 0 Å². The van der Waals surface area contributed by atoms with Crippen LogP contribution >= 0.6 is 0 Å². The highest BCUT2D eigenvalue weighted by Crippen LogP contribution is 2.41. The molecule has 3 aliphatic rings. The van der Waals surface area contributed by atoms with E-state index in [9.17, 15) is 26.3 Å². The van der Waals surface area contributed by atoms with E-state index < -0.39 is 24.3 Å². The fraction of sp³-hybridized carbons (Fsp3) is 0.762. The SMILES string of the molecule is Cn1ccc(CN2CCC3(CCCN3CC3CC3)CC2)n1.O=C(O)C(F)(F)F.O=C(O)C(F)(F)F. The lowest BCUT2D eigenvalue weighted by Crippen LogP contribution is -2.52. The number of halogens is 6. The van der Waals surface area contributed by atoms with E-state index in [1.807, 2.05) is 11.7 Å². The number of carbonyl (C=O) groups is 2. The molecule has 35 heavy (non-hydrogen) atoms. The molecule has 1 aromatic rings. The zero-order valence-electron chi connectivity index (χ0n) is 19.3. The van der Waals surface area contributed by atoms with Gasteiger partial charge in [-0.15, -0.1) is 0 Å². The van der Waals surface area contributed by atoms with E-state index in [1.54, 1.807) is 0 Å². The number of likely N-dealkylation sites (tertiary alicyclic amines) is 2. The first-order valence-electron chi connectivity index (χ1n) is 11.2. The third-order valence-electron chi connectivity index (χ3n) is 6.34. The van der Waals surface area contributed by atoms with Crippen LogP contribution in [0.5, 0.6) is 0 Å². The summed E-state index contributed by atoms with van der Waals surface area (Å²) in [6.07, 6.45) is 0.453. The molecule has 0 aromatic carbocycles. The smallest absolute Gasteiger partial charge is 0.475 e. The van der Waals surface area contributed by atoms with Gasteiger partial charge in [0.1, 0.15) is 0 Å². The summed E-state index contributed by atoms with van der Waals surface area (Å²) in [6.45, 7) is 6.27. The number of alkyl halides is 6. The van der Waals surface area contributed by atoms with E-state index >= 15 is 0 Å². The molecule has 200 valence electrons. The normalized spacial score (nSPS) is 20.5. The van der Waals surface area contributed by atoms with Crippen molar-refractivity contribution in [2.24, 2.45) is 13.0 Å². The average molecular weight is 516 g/mol. The van der Waals surface area contributed by atoms with Gasteiger partial charge in [0.05, 0.1) is 5.69 Å². The first kappa shape index (κ1) is 28.9. The number of hydrogen-bond donors (Lipinski definition) is 2. The second kappa shape index (κ2) is 11.6. The van der Waals surface area contributed by atoms with Gasteiger partial charge in [-0.2, -0.15) is 31.4 Å². The molecule has 2 N–H and O–H groups in total. The van der Waals surface area contributed by atoms with E-state index in [0.717, 1.165) is 12.5 Å². The Morgan fingerprint density at radius 1 is 1.00 bits per heavy atom. The fourth-order valence-electron chi connectivity index (χ4n) is 4.36. The van der Waals surface area contributed by atoms with Gasteiger partial charge in [-0.05, 0) is 57.1 Å². The molecule has 1 aromatic heterocycles. The Morgan fingerprint density at radius 2 is 1.51 bits per heavy atom. The molecule has 3 heterocycles. The van der Waals surface area contributed by atoms with Crippen LogP contribution in [0.1, 0.15) is 44.2 Å². The number of rotatable bonds is 4. The molecule has 0 unspecified atom stereocenters. The summed E-state index contributed by atoms with van der Waals surface area (Å²) >= 11 is 0. The summed E-state index contributed by atoms with van der Waals surface area (Å²) in [4.78, 5) is 23.3. The van der Waals surface area contributed by atoms with Crippen molar-refractivity contribution in [3.05, 3.63) is 18.0 Å². The molecule has 1 spiro atoms. The summed E-state index contributed by atoms with van der Waals surface area (Å²) < 4.78 is 65.4. The van der Waals surface area contributed by atoms with Gasteiger partial charge in [-0.1, -0.05) is 0 Å². The fourth-order valence-corrected chi connectivity index (χ4v) is 4.36. The van der Waals surface area contributed by atoms with Crippen molar-refractivity contribution in [1.82, 2.24) is 19.6 Å². The van der Waals surface area contributed by atoms with Crippen molar-refractivity contribution < 1.29 is 46.1 Å². The van der Waals surface area contributed by atoms with E-state index in [-0.39, 0.29) is 0 Å². The summed E-state index contributed by atoms with van der Waals surface area (Å²) in [5.74, 6) is -4.48. The minimum absolute atomic E-state index is 0.559. The lowest BCUT2D eigenvalue weighted by Gasteiger charge is -2.45. The predicted octanol–water partition coefficient (Wildman–Crippen LogP) is 3.53. The zero-order valence-corrected chi connectivity index (χ0v) is 19.3. The van der Waals surface area contributed by atoms with Crippen molar-refractivity contribution in [3.63, 3.8) is 0 Å². The largest absolute Gasteiger partial charge is 0.490 e. The maximum atomic E-state index is 10.6. The Morgan fingerprint density at radius 3 is 1.91 bits per heavy atom. The molecule has 4 rings (SSSR count). The van der Waals surface area contributed by atoms with E-state index in [2.05, 4.69) is 27.2 Å². The molecule has 0 atom stereocenters. The lowest BCUT2D eigenvalue weighted by molar-refractivity contribution is -0.193.